The fourth-order valence-electron chi connectivity index (χ4n) is 2.35. The number of halogens is 1. The van der Waals surface area contributed by atoms with Crippen LogP contribution in [0.25, 0.3) is 10.2 Å². The lowest BCUT2D eigenvalue weighted by Gasteiger charge is -2.49. The van der Waals surface area contributed by atoms with Gasteiger partial charge in [-0.2, -0.15) is 0 Å². The summed E-state index contributed by atoms with van der Waals surface area (Å²) >= 11 is 7.95. The molecule has 1 N–H and O–H groups in total. The molecule has 1 aliphatic carbocycles. The summed E-state index contributed by atoms with van der Waals surface area (Å²) in [7, 11) is 0. The van der Waals surface area contributed by atoms with Crippen LogP contribution in [0.2, 0.25) is 0 Å². The van der Waals surface area contributed by atoms with E-state index in [-0.39, 0.29) is 10.8 Å². The summed E-state index contributed by atoms with van der Waals surface area (Å²) < 4.78 is 1.14. The quantitative estimate of drug-likeness (QED) is 0.851. The van der Waals surface area contributed by atoms with Crippen molar-refractivity contribution in [3.8, 4) is 0 Å². The Morgan fingerprint density at radius 2 is 2.22 bits per heavy atom. The molecule has 0 aliphatic heterocycles. The minimum Gasteiger partial charge on any atom is -0.365 e. The Bertz CT molecular complexity index is 593. The molecular weight excluding hydrogens is 266 g/mol. The van der Waals surface area contributed by atoms with Crippen LogP contribution in [0.5, 0.6) is 0 Å². The molecule has 0 radical (unpaired) electrons. The van der Waals surface area contributed by atoms with E-state index in [2.05, 4.69) is 41.4 Å². The van der Waals surface area contributed by atoms with Gasteiger partial charge >= 0.3 is 0 Å². The molecule has 2 unspecified atom stereocenters. The lowest BCUT2D eigenvalue weighted by Crippen LogP contribution is -2.54. The smallest absolute Gasteiger partial charge is 0.147 e. The van der Waals surface area contributed by atoms with E-state index >= 15 is 0 Å². The van der Waals surface area contributed by atoms with Crippen molar-refractivity contribution in [1.29, 1.82) is 0 Å². The summed E-state index contributed by atoms with van der Waals surface area (Å²) in [5.74, 6) is 0.944. The van der Waals surface area contributed by atoms with E-state index < -0.39 is 0 Å². The Kier molecular flexibility index (Phi) is 2.75. The SMILES string of the molecule is Cc1csc2c(NC3CC(Cl)C3(C)C)ncnc12. The molecule has 18 heavy (non-hydrogen) atoms. The van der Waals surface area contributed by atoms with Crippen LogP contribution in [0, 0.1) is 12.3 Å². The highest BCUT2D eigenvalue weighted by atomic mass is 35.5. The predicted molar refractivity (Wildman–Crippen MR) is 77.6 cm³/mol. The van der Waals surface area contributed by atoms with E-state index in [9.17, 15) is 0 Å². The van der Waals surface area contributed by atoms with E-state index in [1.165, 1.54) is 5.56 Å². The number of hydrogen-bond donors (Lipinski definition) is 1. The highest BCUT2D eigenvalue weighted by Gasteiger charge is 2.47. The molecule has 3 nitrogen and oxygen atoms in total. The summed E-state index contributed by atoms with van der Waals surface area (Å²) in [4.78, 5) is 8.71. The van der Waals surface area contributed by atoms with Crippen molar-refractivity contribution >= 4 is 39.0 Å². The molecule has 0 bridgehead atoms. The van der Waals surface area contributed by atoms with Crippen molar-refractivity contribution in [2.45, 2.75) is 38.6 Å². The first-order chi connectivity index (χ1) is 8.50. The van der Waals surface area contributed by atoms with E-state index in [1.54, 1.807) is 17.7 Å². The lowest BCUT2D eigenvalue weighted by atomic mass is 9.67. The van der Waals surface area contributed by atoms with Gasteiger partial charge in [0.25, 0.3) is 0 Å². The fourth-order valence-corrected chi connectivity index (χ4v) is 3.64. The third-order valence-electron chi connectivity index (χ3n) is 3.99. The van der Waals surface area contributed by atoms with Crippen LogP contribution in [0.1, 0.15) is 25.8 Å². The molecule has 5 heteroatoms. The number of nitrogens with zero attached hydrogens (tertiary/aromatic N) is 2. The zero-order chi connectivity index (χ0) is 12.9. The fraction of sp³-hybridized carbons (Fsp3) is 0.538. The molecule has 2 atom stereocenters. The normalized spacial score (nSPS) is 26.0. The molecule has 3 rings (SSSR count). The van der Waals surface area contributed by atoms with Gasteiger partial charge in [0.1, 0.15) is 12.1 Å². The Morgan fingerprint density at radius 3 is 2.89 bits per heavy atom. The number of rotatable bonds is 2. The lowest BCUT2D eigenvalue weighted by molar-refractivity contribution is 0.168. The highest BCUT2D eigenvalue weighted by molar-refractivity contribution is 7.18. The van der Waals surface area contributed by atoms with E-state index in [4.69, 9.17) is 11.6 Å². The number of hydrogen-bond acceptors (Lipinski definition) is 4. The van der Waals surface area contributed by atoms with Gasteiger partial charge in [-0.1, -0.05) is 13.8 Å². The number of thiophene rings is 1. The third-order valence-corrected chi connectivity index (χ3v) is 5.82. The number of anilines is 1. The van der Waals surface area contributed by atoms with Crippen molar-refractivity contribution in [3.05, 3.63) is 17.3 Å². The topological polar surface area (TPSA) is 37.8 Å². The van der Waals surface area contributed by atoms with Crippen LogP contribution in [-0.4, -0.2) is 21.4 Å². The molecule has 0 aromatic carbocycles. The van der Waals surface area contributed by atoms with Crippen molar-refractivity contribution < 1.29 is 0 Å². The Hall–Kier alpha value is -0.870. The molecule has 0 amide bonds. The van der Waals surface area contributed by atoms with Crippen molar-refractivity contribution in [2.24, 2.45) is 5.41 Å². The number of aryl methyl sites for hydroxylation is 1. The van der Waals surface area contributed by atoms with Crippen LogP contribution in [-0.2, 0) is 0 Å². The molecule has 2 heterocycles. The molecule has 2 aromatic heterocycles. The minimum absolute atomic E-state index is 0.116. The molecule has 2 aromatic rings. The van der Waals surface area contributed by atoms with Crippen molar-refractivity contribution in [2.75, 3.05) is 5.32 Å². The van der Waals surface area contributed by atoms with Gasteiger partial charge in [0, 0.05) is 16.8 Å². The first-order valence-corrected chi connectivity index (χ1v) is 7.41. The number of fused-ring (bicyclic) bond motifs is 1. The van der Waals surface area contributed by atoms with Crippen LogP contribution >= 0.6 is 22.9 Å². The summed E-state index contributed by atoms with van der Waals surface area (Å²) in [6.45, 7) is 6.48. The Morgan fingerprint density at radius 1 is 1.44 bits per heavy atom. The Balaban J connectivity index is 1.92. The van der Waals surface area contributed by atoms with Crippen LogP contribution in [0.15, 0.2) is 11.7 Å². The monoisotopic (exact) mass is 281 g/mol. The van der Waals surface area contributed by atoms with Crippen molar-refractivity contribution in [3.63, 3.8) is 0 Å². The molecule has 1 aliphatic rings. The molecule has 0 spiro atoms. The summed E-state index contributed by atoms with van der Waals surface area (Å²) in [5.41, 5.74) is 2.38. The molecule has 96 valence electrons. The summed E-state index contributed by atoms with van der Waals surface area (Å²) in [6.07, 6.45) is 2.62. The van der Waals surface area contributed by atoms with Crippen molar-refractivity contribution in [1.82, 2.24) is 9.97 Å². The number of aromatic nitrogens is 2. The number of nitrogens with one attached hydrogen (secondary N) is 1. The first-order valence-electron chi connectivity index (χ1n) is 6.09. The minimum atomic E-state index is 0.116. The summed E-state index contributed by atoms with van der Waals surface area (Å²) in [6, 6.07) is 0.389. The first kappa shape index (κ1) is 12.2. The highest BCUT2D eigenvalue weighted by Crippen LogP contribution is 2.46. The van der Waals surface area contributed by atoms with Gasteiger partial charge in [-0.15, -0.1) is 22.9 Å². The standard InChI is InChI=1S/C13H16ClN3S/c1-7-5-18-11-10(7)15-6-16-12(11)17-9-4-8(14)13(9,2)3/h5-6,8-9H,4H2,1-3H3,(H,15,16,17). The van der Waals surface area contributed by atoms with Gasteiger partial charge in [0.05, 0.1) is 10.2 Å². The van der Waals surface area contributed by atoms with E-state index in [0.717, 1.165) is 22.5 Å². The average molecular weight is 282 g/mol. The summed E-state index contributed by atoms with van der Waals surface area (Å²) in [5, 5.41) is 5.90. The second-order valence-corrected chi connectivity index (χ2v) is 6.95. The molecule has 1 saturated carbocycles. The second kappa shape index (κ2) is 4.07. The van der Waals surface area contributed by atoms with Gasteiger partial charge in [-0.05, 0) is 24.3 Å². The average Bonchev–Trinajstić information content (AvgIpc) is 2.72. The largest absolute Gasteiger partial charge is 0.365 e. The van der Waals surface area contributed by atoms with Crippen LogP contribution in [0.4, 0.5) is 5.82 Å². The third kappa shape index (κ3) is 1.70. The maximum absolute atomic E-state index is 6.25. The number of alkyl halides is 1. The van der Waals surface area contributed by atoms with Gasteiger partial charge in [-0.3, -0.25) is 0 Å². The molecule has 1 fully saturated rings. The maximum Gasteiger partial charge on any atom is 0.147 e. The second-order valence-electron chi connectivity index (χ2n) is 5.54. The molecule has 0 saturated heterocycles. The van der Waals surface area contributed by atoms with Gasteiger partial charge in [-0.25, -0.2) is 9.97 Å². The van der Waals surface area contributed by atoms with Gasteiger partial charge in [0.15, 0.2) is 0 Å². The van der Waals surface area contributed by atoms with Gasteiger partial charge < -0.3 is 5.32 Å². The Labute approximate surface area is 116 Å². The predicted octanol–water partition coefficient (Wildman–Crippen LogP) is 3.82. The van der Waals surface area contributed by atoms with Crippen LogP contribution < -0.4 is 5.32 Å². The zero-order valence-electron chi connectivity index (χ0n) is 10.7. The van der Waals surface area contributed by atoms with Crippen LogP contribution in [0.3, 0.4) is 0 Å². The van der Waals surface area contributed by atoms with E-state index in [0.29, 0.717) is 6.04 Å². The molecular formula is C13H16ClN3S. The maximum atomic E-state index is 6.25. The van der Waals surface area contributed by atoms with Gasteiger partial charge in [0.2, 0.25) is 0 Å². The van der Waals surface area contributed by atoms with E-state index in [1.807, 2.05) is 0 Å². The zero-order valence-corrected chi connectivity index (χ0v) is 12.3.